The van der Waals surface area contributed by atoms with Gasteiger partial charge in [-0.3, -0.25) is 0 Å². The largest absolute Gasteiger partial charge is 0.338 e. The van der Waals surface area contributed by atoms with Crippen molar-refractivity contribution in [3.8, 4) is 0 Å². The van der Waals surface area contributed by atoms with Gasteiger partial charge in [-0.15, -0.1) is 0 Å². The summed E-state index contributed by atoms with van der Waals surface area (Å²) in [7, 11) is 0. The predicted molar refractivity (Wildman–Crippen MR) is 83.4 cm³/mol. The van der Waals surface area contributed by atoms with Crippen LogP contribution in [0.3, 0.4) is 0 Å². The molecule has 2 fully saturated rings. The Hall–Kier alpha value is -1.03. The molecule has 1 aromatic rings. The molecule has 0 amide bonds. The summed E-state index contributed by atoms with van der Waals surface area (Å²) in [5, 5.41) is 3.54. The third kappa shape index (κ3) is 2.71. The number of aromatic nitrogens is 2. The lowest BCUT2D eigenvalue weighted by Gasteiger charge is -2.35. The Bertz CT molecular complexity index is 428. The highest BCUT2D eigenvalue weighted by Gasteiger charge is 2.27. The molecule has 0 spiro atoms. The van der Waals surface area contributed by atoms with E-state index in [1.165, 1.54) is 51.0 Å². The number of rotatable bonds is 4. The van der Waals surface area contributed by atoms with Crippen LogP contribution < -0.4 is 10.2 Å². The van der Waals surface area contributed by atoms with Crippen molar-refractivity contribution in [1.82, 2.24) is 14.9 Å². The highest BCUT2D eigenvalue weighted by atomic mass is 15.3. The van der Waals surface area contributed by atoms with Crippen molar-refractivity contribution in [2.75, 3.05) is 24.5 Å². The van der Waals surface area contributed by atoms with E-state index in [4.69, 9.17) is 4.98 Å². The summed E-state index contributed by atoms with van der Waals surface area (Å²) in [6, 6.07) is 1.28. The van der Waals surface area contributed by atoms with E-state index in [1.54, 1.807) is 0 Å². The summed E-state index contributed by atoms with van der Waals surface area (Å²) in [6.07, 6.45) is 10.2. The van der Waals surface area contributed by atoms with E-state index in [1.807, 2.05) is 0 Å². The Balaban J connectivity index is 1.86. The molecular weight excluding hydrogens is 248 g/mol. The molecule has 0 aromatic carbocycles. The van der Waals surface area contributed by atoms with Gasteiger partial charge in [0.1, 0.15) is 0 Å². The van der Waals surface area contributed by atoms with Gasteiger partial charge in [0.25, 0.3) is 0 Å². The third-order valence-electron chi connectivity index (χ3n) is 4.86. The third-order valence-corrected chi connectivity index (χ3v) is 4.86. The number of hydrogen-bond donors (Lipinski definition) is 1. The molecule has 4 nitrogen and oxygen atoms in total. The fourth-order valence-corrected chi connectivity index (χ4v) is 3.83. The maximum atomic E-state index is 4.86. The molecule has 0 radical (unpaired) electrons. The van der Waals surface area contributed by atoms with Crippen LogP contribution in [0.25, 0.3) is 0 Å². The molecule has 1 N–H and O–H groups in total. The van der Waals surface area contributed by atoms with E-state index in [-0.39, 0.29) is 0 Å². The molecular formula is C16H28N4. The molecule has 0 bridgehead atoms. The highest BCUT2D eigenvalue weighted by Crippen LogP contribution is 2.34. The maximum Gasteiger partial charge on any atom is 0.206 e. The van der Waals surface area contributed by atoms with Gasteiger partial charge in [-0.25, -0.2) is 4.98 Å². The molecule has 4 heteroatoms. The summed E-state index contributed by atoms with van der Waals surface area (Å²) in [6.45, 7) is 7.71. The summed E-state index contributed by atoms with van der Waals surface area (Å²) in [5.41, 5.74) is 1.16. The second-order valence-electron chi connectivity index (χ2n) is 6.31. The zero-order chi connectivity index (χ0) is 13.9. The van der Waals surface area contributed by atoms with E-state index >= 15 is 0 Å². The van der Waals surface area contributed by atoms with E-state index in [2.05, 4.69) is 34.8 Å². The van der Waals surface area contributed by atoms with Crippen LogP contribution in [0.5, 0.6) is 0 Å². The molecule has 1 aliphatic carbocycles. The molecule has 1 aromatic heterocycles. The molecule has 1 unspecified atom stereocenters. The zero-order valence-electron chi connectivity index (χ0n) is 12.9. The highest BCUT2D eigenvalue weighted by molar-refractivity contribution is 5.36. The normalized spacial score (nSPS) is 24.2. The van der Waals surface area contributed by atoms with Gasteiger partial charge in [0, 0.05) is 31.4 Å². The fourth-order valence-electron chi connectivity index (χ4n) is 3.83. The number of nitrogens with one attached hydrogen (secondary N) is 1. The molecule has 3 rings (SSSR count). The molecule has 1 aliphatic heterocycles. The molecule has 20 heavy (non-hydrogen) atoms. The number of anilines is 1. The first kappa shape index (κ1) is 13.9. The topological polar surface area (TPSA) is 33.1 Å². The SMILES string of the molecule is CCN(c1nc(C)cn1C1CCCC1)C1CCCNC1. The Labute approximate surface area is 122 Å². The van der Waals surface area contributed by atoms with Crippen LogP contribution in [0.2, 0.25) is 0 Å². The van der Waals surface area contributed by atoms with Gasteiger partial charge >= 0.3 is 0 Å². The van der Waals surface area contributed by atoms with Crippen LogP contribution in [0.1, 0.15) is 57.2 Å². The lowest BCUT2D eigenvalue weighted by Crippen LogP contribution is -2.47. The lowest BCUT2D eigenvalue weighted by atomic mass is 10.1. The monoisotopic (exact) mass is 276 g/mol. The Morgan fingerprint density at radius 2 is 2.10 bits per heavy atom. The standard InChI is InChI=1S/C16H28N4/c1-3-19(15-9-6-10-17-11-15)16-18-13(2)12-20(16)14-7-4-5-8-14/h12,14-15,17H,3-11H2,1-2H3. The van der Waals surface area contributed by atoms with Crippen LogP contribution >= 0.6 is 0 Å². The van der Waals surface area contributed by atoms with Crippen LogP contribution in [-0.2, 0) is 0 Å². The molecule has 1 saturated heterocycles. The minimum atomic E-state index is 0.607. The van der Waals surface area contributed by atoms with Gasteiger partial charge in [0.05, 0.1) is 5.69 Å². The van der Waals surface area contributed by atoms with Gasteiger partial charge in [-0.2, -0.15) is 0 Å². The molecule has 1 atom stereocenters. The van der Waals surface area contributed by atoms with Crippen molar-refractivity contribution < 1.29 is 0 Å². The van der Waals surface area contributed by atoms with E-state index in [9.17, 15) is 0 Å². The number of nitrogens with zero attached hydrogens (tertiary/aromatic N) is 3. The van der Waals surface area contributed by atoms with E-state index in [0.29, 0.717) is 12.1 Å². The van der Waals surface area contributed by atoms with Crippen LogP contribution in [0, 0.1) is 6.92 Å². The van der Waals surface area contributed by atoms with E-state index in [0.717, 1.165) is 18.8 Å². The first-order valence-electron chi connectivity index (χ1n) is 8.32. The minimum absolute atomic E-state index is 0.607. The van der Waals surface area contributed by atoms with Gasteiger partial charge in [0.15, 0.2) is 0 Å². The van der Waals surface area contributed by atoms with Gasteiger partial charge in [0.2, 0.25) is 5.95 Å². The molecule has 2 heterocycles. The average Bonchev–Trinajstić information content (AvgIpc) is 3.10. The first-order valence-corrected chi connectivity index (χ1v) is 8.32. The lowest BCUT2D eigenvalue weighted by molar-refractivity contribution is 0.420. The number of imidazole rings is 1. The quantitative estimate of drug-likeness (QED) is 0.918. The number of aryl methyl sites for hydroxylation is 1. The smallest absolute Gasteiger partial charge is 0.206 e. The predicted octanol–water partition coefficient (Wildman–Crippen LogP) is 2.88. The summed E-state index contributed by atoms with van der Waals surface area (Å²) < 4.78 is 2.47. The maximum absolute atomic E-state index is 4.86. The fraction of sp³-hybridized carbons (Fsp3) is 0.812. The number of piperidine rings is 1. The van der Waals surface area contributed by atoms with E-state index < -0.39 is 0 Å². The van der Waals surface area contributed by atoms with Crippen molar-refractivity contribution >= 4 is 5.95 Å². The molecule has 112 valence electrons. The van der Waals surface area contributed by atoms with Crippen molar-refractivity contribution in [2.45, 2.75) is 64.5 Å². The summed E-state index contributed by atoms with van der Waals surface area (Å²) >= 11 is 0. The van der Waals surface area contributed by atoms with Crippen molar-refractivity contribution in [1.29, 1.82) is 0 Å². The van der Waals surface area contributed by atoms with Gasteiger partial charge in [-0.1, -0.05) is 12.8 Å². The second-order valence-corrected chi connectivity index (χ2v) is 6.31. The van der Waals surface area contributed by atoms with Crippen molar-refractivity contribution in [2.24, 2.45) is 0 Å². The molecule has 2 aliphatic rings. The van der Waals surface area contributed by atoms with Crippen LogP contribution in [-0.4, -0.2) is 35.2 Å². The molecule has 1 saturated carbocycles. The Kier molecular flexibility index (Phi) is 4.29. The summed E-state index contributed by atoms with van der Waals surface area (Å²) in [5.74, 6) is 1.21. The summed E-state index contributed by atoms with van der Waals surface area (Å²) in [4.78, 5) is 7.39. The Morgan fingerprint density at radius 1 is 1.30 bits per heavy atom. The minimum Gasteiger partial charge on any atom is -0.338 e. The number of likely N-dealkylation sites (N-methyl/N-ethyl adjacent to an activating group) is 1. The number of hydrogen-bond acceptors (Lipinski definition) is 3. The Morgan fingerprint density at radius 3 is 2.75 bits per heavy atom. The second kappa shape index (κ2) is 6.17. The van der Waals surface area contributed by atoms with Crippen LogP contribution in [0.15, 0.2) is 6.20 Å². The van der Waals surface area contributed by atoms with Crippen molar-refractivity contribution in [3.05, 3.63) is 11.9 Å². The van der Waals surface area contributed by atoms with Crippen LogP contribution in [0.4, 0.5) is 5.95 Å². The first-order chi connectivity index (χ1) is 9.79. The van der Waals surface area contributed by atoms with Gasteiger partial charge < -0.3 is 14.8 Å². The van der Waals surface area contributed by atoms with Gasteiger partial charge in [-0.05, 0) is 46.1 Å². The average molecular weight is 276 g/mol. The zero-order valence-corrected chi connectivity index (χ0v) is 12.9. The van der Waals surface area contributed by atoms with Crippen molar-refractivity contribution in [3.63, 3.8) is 0 Å².